The quantitative estimate of drug-likeness (QED) is 0.274. The van der Waals surface area contributed by atoms with Crippen LogP contribution in [0.25, 0.3) is 15.6 Å². The van der Waals surface area contributed by atoms with E-state index in [0.717, 1.165) is 41.7 Å². The molecule has 7 atom stereocenters. The number of fused-ring (bicyclic) bond motifs is 5. The van der Waals surface area contributed by atoms with Gasteiger partial charge in [0.15, 0.2) is 0 Å². The molecule has 0 aromatic carbocycles. The van der Waals surface area contributed by atoms with Crippen molar-refractivity contribution in [3.05, 3.63) is 23.0 Å². The molecule has 0 aromatic rings. The van der Waals surface area contributed by atoms with E-state index in [-0.39, 0.29) is 34.7 Å². The molecular formula is C27H56N4SiTi. The molecule has 192 valence electrons. The van der Waals surface area contributed by atoms with Gasteiger partial charge >= 0.3 is 21.7 Å². The summed E-state index contributed by atoms with van der Waals surface area (Å²) in [5.74, 6) is 4.99. The zero-order valence-corrected chi connectivity index (χ0v) is 26.5. The predicted molar refractivity (Wildman–Crippen MR) is 147 cm³/mol. The molecule has 1 saturated heterocycles. The van der Waals surface area contributed by atoms with Crippen molar-refractivity contribution < 1.29 is 21.7 Å². The van der Waals surface area contributed by atoms with Gasteiger partial charge in [-0.2, -0.15) is 28.2 Å². The molecule has 0 radical (unpaired) electrons. The summed E-state index contributed by atoms with van der Waals surface area (Å²) >= 11 is 0. The molecule has 0 aromatic heterocycles. The number of hydrogen-bond donors (Lipinski definition) is 0. The molecule has 3 aliphatic carbocycles. The summed E-state index contributed by atoms with van der Waals surface area (Å²) in [6.45, 7) is 14.6. The summed E-state index contributed by atoms with van der Waals surface area (Å²) in [5.41, 5.74) is 0.107. The maximum absolute atomic E-state index is 5.50. The molecule has 33 heavy (non-hydrogen) atoms. The van der Waals surface area contributed by atoms with Crippen LogP contribution in [-0.2, 0) is 21.7 Å². The van der Waals surface area contributed by atoms with E-state index in [1.165, 1.54) is 44.9 Å². The molecule has 4 fully saturated rings. The fraction of sp³-hybridized carbons (Fsp3) is 0.963. The maximum Gasteiger partial charge on any atom is 4.00 e. The second-order valence-electron chi connectivity index (χ2n) is 12.3. The van der Waals surface area contributed by atoms with Crippen molar-refractivity contribution in [1.82, 2.24) is 4.57 Å². The summed E-state index contributed by atoms with van der Waals surface area (Å²) in [6.07, 6.45) is 12.0. The average Bonchev–Trinajstić information content (AvgIpc) is 3.16. The Kier molecular flexibility index (Phi) is 14.8. The third-order valence-corrected chi connectivity index (χ3v) is 11.1. The first-order valence-electron chi connectivity index (χ1n) is 13.0. The normalized spacial score (nSPS) is 35.3. The van der Waals surface area contributed by atoms with Crippen LogP contribution in [0.4, 0.5) is 0 Å². The largest absolute Gasteiger partial charge is 4.00 e. The zero-order valence-electron chi connectivity index (χ0n) is 24.0. The van der Waals surface area contributed by atoms with Gasteiger partial charge in [0.25, 0.3) is 0 Å². The van der Waals surface area contributed by atoms with Gasteiger partial charge in [0, 0.05) is 20.5 Å². The van der Waals surface area contributed by atoms with E-state index in [1.807, 2.05) is 0 Å². The second-order valence-corrected chi connectivity index (χ2v) is 16.1. The third-order valence-electron chi connectivity index (χ3n) is 8.01. The Bertz CT molecular complexity index is 537. The molecule has 4 nitrogen and oxygen atoms in total. The first-order valence-corrected chi connectivity index (χ1v) is 15.9. The van der Waals surface area contributed by atoms with Crippen LogP contribution in [-0.4, -0.2) is 58.8 Å². The van der Waals surface area contributed by atoms with Crippen molar-refractivity contribution >= 4 is 8.40 Å². The minimum Gasteiger partial charge on any atom is -0.668 e. The van der Waals surface area contributed by atoms with Crippen molar-refractivity contribution in [2.75, 3.05) is 28.2 Å². The Morgan fingerprint density at radius 1 is 0.788 bits per heavy atom. The smallest absolute Gasteiger partial charge is 0.668 e. The summed E-state index contributed by atoms with van der Waals surface area (Å²) in [6, 6.07) is 1.75. The van der Waals surface area contributed by atoms with E-state index in [9.17, 15) is 0 Å². The molecule has 0 bridgehead atoms. The first kappa shape index (κ1) is 33.8. The molecular weight excluding hydrogens is 456 g/mol. The summed E-state index contributed by atoms with van der Waals surface area (Å²) < 4.78 is 3.12. The molecule has 0 spiro atoms. The Morgan fingerprint density at radius 3 is 1.88 bits per heavy atom. The van der Waals surface area contributed by atoms with Crippen molar-refractivity contribution in [3.8, 4) is 0 Å². The van der Waals surface area contributed by atoms with Crippen LogP contribution in [0.15, 0.2) is 0 Å². The Labute approximate surface area is 224 Å². The minimum absolute atomic E-state index is 0. The Hall–Kier alpha value is 0.771. The van der Waals surface area contributed by atoms with E-state index in [1.54, 1.807) is 34.6 Å². The Balaban J connectivity index is 0.00000116. The standard InChI is InChI=1S/C22H41N2Si.2C2H6N.CH3.Ti/c1-15-11-12-20-18(13-15)19-14-16-9-7-8-10-17(16)21(19)24(20)25(5,6)23-22(2,3)4;2*1-3-2;;/h15-21H,7-14H2,1-6H3;2*1-2H3;1H3;/q4*-1;+4. The summed E-state index contributed by atoms with van der Waals surface area (Å²) in [4.78, 5) is 5.50. The van der Waals surface area contributed by atoms with Gasteiger partial charge in [-0.25, -0.2) is 0 Å². The van der Waals surface area contributed by atoms with E-state index in [0.29, 0.717) is 0 Å². The van der Waals surface area contributed by atoms with E-state index in [4.69, 9.17) is 4.98 Å². The third kappa shape index (κ3) is 8.40. The first-order chi connectivity index (χ1) is 14.5. The van der Waals surface area contributed by atoms with Crippen molar-refractivity contribution in [1.29, 1.82) is 0 Å². The molecule has 7 unspecified atom stereocenters. The number of hydrogen-bond acceptors (Lipinski definition) is 1. The fourth-order valence-electron chi connectivity index (χ4n) is 7.71. The zero-order chi connectivity index (χ0) is 23.4. The van der Waals surface area contributed by atoms with Crippen LogP contribution in [0.2, 0.25) is 13.1 Å². The monoisotopic (exact) mass is 512 g/mol. The molecule has 0 amide bonds. The second kappa shape index (κ2) is 14.5. The van der Waals surface area contributed by atoms with Crippen LogP contribution >= 0.6 is 0 Å². The van der Waals surface area contributed by atoms with Crippen LogP contribution in [0.1, 0.15) is 79.1 Å². The van der Waals surface area contributed by atoms with E-state index >= 15 is 0 Å². The molecule has 1 aliphatic heterocycles. The van der Waals surface area contributed by atoms with Gasteiger partial charge in [0.2, 0.25) is 0 Å². The van der Waals surface area contributed by atoms with Gasteiger partial charge in [0.05, 0.1) is 0 Å². The molecule has 0 N–H and O–H groups in total. The SMILES string of the molecule is CC1CCC2C(C1)C1CC3CCCCC3C1N2[Si](C)(C)[N-]C(C)(C)C.C[N-]C.C[N-]C.[CH3-].[Ti+4]. The van der Waals surface area contributed by atoms with Crippen molar-refractivity contribution in [3.63, 3.8) is 0 Å². The molecule has 4 aliphatic rings. The van der Waals surface area contributed by atoms with Crippen LogP contribution in [0, 0.1) is 37.0 Å². The van der Waals surface area contributed by atoms with Gasteiger partial charge in [-0.05, 0) is 61.7 Å². The van der Waals surface area contributed by atoms with Crippen LogP contribution in [0.3, 0.4) is 0 Å². The number of nitrogens with zero attached hydrogens (tertiary/aromatic N) is 4. The van der Waals surface area contributed by atoms with Crippen LogP contribution in [0.5, 0.6) is 0 Å². The molecule has 1 heterocycles. The van der Waals surface area contributed by atoms with E-state index < -0.39 is 8.40 Å². The van der Waals surface area contributed by atoms with E-state index in [2.05, 4.69) is 56.0 Å². The summed E-state index contributed by atoms with van der Waals surface area (Å²) in [7, 11) is 5.26. The Morgan fingerprint density at radius 2 is 1.33 bits per heavy atom. The van der Waals surface area contributed by atoms with Gasteiger partial charge < -0.3 is 27.6 Å². The molecule has 4 rings (SSSR count). The van der Waals surface area contributed by atoms with Crippen molar-refractivity contribution in [2.24, 2.45) is 29.6 Å². The van der Waals surface area contributed by atoms with Gasteiger partial charge in [0.1, 0.15) is 0 Å². The van der Waals surface area contributed by atoms with Crippen molar-refractivity contribution in [2.45, 2.75) is 110 Å². The summed E-state index contributed by atoms with van der Waals surface area (Å²) in [5, 5.41) is 7.00. The average molecular weight is 513 g/mol. The maximum atomic E-state index is 5.50. The van der Waals surface area contributed by atoms with Gasteiger partial charge in [-0.3, -0.25) is 0 Å². The molecule has 6 heteroatoms. The van der Waals surface area contributed by atoms with Crippen LogP contribution < -0.4 is 0 Å². The predicted octanol–water partition coefficient (Wildman–Crippen LogP) is 7.86. The topological polar surface area (TPSA) is 45.5 Å². The number of rotatable bonds is 2. The minimum atomic E-state index is -1.74. The van der Waals surface area contributed by atoms with Gasteiger partial charge in [-0.1, -0.05) is 60.1 Å². The van der Waals surface area contributed by atoms with Gasteiger partial charge in [-0.15, -0.1) is 5.54 Å². The fourth-order valence-corrected chi connectivity index (χ4v) is 11.7. The molecule has 3 saturated carbocycles.